The predicted octanol–water partition coefficient (Wildman–Crippen LogP) is 0.870. The van der Waals surface area contributed by atoms with Crippen LogP contribution in [0.3, 0.4) is 0 Å². The van der Waals surface area contributed by atoms with E-state index in [-0.39, 0.29) is 18.0 Å². The van der Waals surface area contributed by atoms with Gasteiger partial charge in [0.25, 0.3) is 0 Å². The zero-order valence-corrected chi connectivity index (χ0v) is 11.7. The van der Waals surface area contributed by atoms with Gasteiger partial charge in [-0.3, -0.25) is 0 Å². The highest BCUT2D eigenvalue weighted by atomic mass is 32.2. The minimum absolute atomic E-state index is 0.0792. The van der Waals surface area contributed by atoms with Crippen molar-refractivity contribution in [2.24, 2.45) is 0 Å². The minimum Gasteiger partial charge on any atom is -0.496 e. The summed E-state index contributed by atoms with van der Waals surface area (Å²) in [7, 11) is -0.539. The van der Waals surface area contributed by atoms with Gasteiger partial charge in [-0.2, -0.15) is 4.31 Å². The Labute approximate surface area is 108 Å². The summed E-state index contributed by atoms with van der Waals surface area (Å²) in [6, 6.07) is 4.78. The Hall–Kier alpha value is -1.11. The van der Waals surface area contributed by atoms with Crippen molar-refractivity contribution in [3.63, 3.8) is 0 Å². The standard InChI is InChI=1S/C12H19NO4S/c1-4-10-9-11(5-6-12(10)17-3)18(15,16)13(2)7-8-14/h5-6,9,14H,4,7-8H2,1-3H3. The second-order valence-electron chi connectivity index (χ2n) is 3.88. The van der Waals surface area contributed by atoms with Gasteiger partial charge in [-0.1, -0.05) is 6.92 Å². The van der Waals surface area contributed by atoms with Crippen LogP contribution in [-0.4, -0.2) is 45.1 Å². The summed E-state index contributed by atoms with van der Waals surface area (Å²) >= 11 is 0. The van der Waals surface area contributed by atoms with Crippen LogP contribution in [0.2, 0.25) is 0 Å². The van der Waals surface area contributed by atoms with Crippen molar-refractivity contribution < 1.29 is 18.3 Å². The molecule has 6 heteroatoms. The first kappa shape index (κ1) is 14.9. The highest BCUT2D eigenvalue weighted by molar-refractivity contribution is 7.89. The summed E-state index contributed by atoms with van der Waals surface area (Å²) in [5.74, 6) is 0.682. The van der Waals surface area contributed by atoms with Crippen molar-refractivity contribution in [2.45, 2.75) is 18.2 Å². The van der Waals surface area contributed by atoms with Crippen molar-refractivity contribution in [1.29, 1.82) is 0 Å². The van der Waals surface area contributed by atoms with Gasteiger partial charge in [0.2, 0.25) is 10.0 Å². The number of rotatable bonds is 6. The topological polar surface area (TPSA) is 66.8 Å². The average molecular weight is 273 g/mol. The lowest BCUT2D eigenvalue weighted by atomic mass is 10.1. The normalized spacial score (nSPS) is 11.8. The highest BCUT2D eigenvalue weighted by Gasteiger charge is 2.21. The molecule has 0 radical (unpaired) electrons. The molecule has 0 aliphatic rings. The largest absolute Gasteiger partial charge is 0.496 e. The maximum Gasteiger partial charge on any atom is 0.242 e. The van der Waals surface area contributed by atoms with Gasteiger partial charge in [0, 0.05) is 13.6 Å². The molecule has 1 aromatic rings. The van der Waals surface area contributed by atoms with Crippen LogP contribution in [0.5, 0.6) is 5.75 Å². The van der Waals surface area contributed by atoms with E-state index in [1.54, 1.807) is 19.2 Å². The molecule has 0 aromatic heterocycles. The maximum atomic E-state index is 12.2. The summed E-state index contributed by atoms with van der Waals surface area (Å²) < 4.78 is 30.6. The number of hydrogen-bond donors (Lipinski definition) is 1. The summed E-state index contributed by atoms with van der Waals surface area (Å²) in [4.78, 5) is 0.219. The Kier molecular flexibility index (Phi) is 5.13. The Balaban J connectivity index is 3.17. The zero-order valence-electron chi connectivity index (χ0n) is 10.9. The summed E-state index contributed by atoms with van der Waals surface area (Å²) in [6.07, 6.45) is 0.691. The molecule has 0 saturated carbocycles. The molecular formula is C12H19NO4S. The van der Waals surface area contributed by atoms with E-state index in [9.17, 15) is 8.42 Å². The van der Waals surface area contributed by atoms with Crippen molar-refractivity contribution in [1.82, 2.24) is 4.31 Å². The lowest BCUT2D eigenvalue weighted by molar-refractivity contribution is 0.266. The highest BCUT2D eigenvalue weighted by Crippen LogP contribution is 2.24. The molecule has 102 valence electrons. The van der Waals surface area contributed by atoms with Crippen molar-refractivity contribution in [2.75, 3.05) is 27.3 Å². The molecule has 1 aromatic carbocycles. The van der Waals surface area contributed by atoms with Gasteiger partial charge >= 0.3 is 0 Å². The SMILES string of the molecule is CCc1cc(S(=O)(=O)N(C)CCO)ccc1OC. The molecule has 5 nitrogen and oxygen atoms in total. The molecule has 18 heavy (non-hydrogen) atoms. The molecular weight excluding hydrogens is 254 g/mol. The Morgan fingerprint density at radius 2 is 2.06 bits per heavy atom. The number of nitrogens with zero attached hydrogens (tertiary/aromatic N) is 1. The lowest BCUT2D eigenvalue weighted by Crippen LogP contribution is -2.29. The number of aliphatic hydroxyl groups is 1. The monoisotopic (exact) mass is 273 g/mol. The Bertz CT molecular complexity index is 499. The molecule has 0 saturated heterocycles. The van der Waals surface area contributed by atoms with E-state index in [2.05, 4.69) is 0 Å². The minimum atomic E-state index is -3.54. The summed E-state index contributed by atoms with van der Waals surface area (Å²) in [5, 5.41) is 8.80. The average Bonchev–Trinajstić information content (AvgIpc) is 2.38. The molecule has 0 spiro atoms. The van der Waals surface area contributed by atoms with Crippen LogP contribution >= 0.6 is 0 Å². The first-order valence-electron chi connectivity index (χ1n) is 5.71. The first-order valence-corrected chi connectivity index (χ1v) is 7.15. The second kappa shape index (κ2) is 6.17. The second-order valence-corrected chi connectivity index (χ2v) is 5.92. The number of ether oxygens (including phenoxy) is 1. The van der Waals surface area contributed by atoms with Gasteiger partial charge in [0.1, 0.15) is 5.75 Å². The fourth-order valence-electron chi connectivity index (χ4n) is 1.63. The maximum absolute atomic E-state index is 12.2. The van der Waals surface area contributed by atoms with E-state index < -0.39 is 10.0 Å². The molecule has 0 atom stereocenters. The van der Waals surface area contributed by atoms with E-state index in [0.29, 0.717) is 12.2 Å². The Morgan fingerprint density at radius 1 is 1.39 bits per heavy atom. The smallest absolute Gasteiger partial charge is 0.242 e. The van der Waals surface area contributed by atoms with E-state index in [1.807, 2.05) is 6.92 Å². The third kappa shape index (κ3) is 3.01. The van der Waals surface area contributed by atoms with E-state index in [1.165, 1.54) is 13.1 Å². The van der Waals surface area contributed by atoms with Crippen LogP contribution < -0.4 is 4.74 Å². The van der Waals surface area contributed by atoms with Gasteiger partial charge < -0.3 is 9.84 Å². The Morgan fingerprint density at radius 3 is 2.56 bits per heavy atom. The van der Waals surface area contributed by atoms with Crippen LogP contribution in [0.1, 0.15) is 12.5 Å². The molecule has 0 aliphatic carbocycles. The van der Waals surface area contributed by atoms with E-state index in [4.69, 9.17) is 9.84 Å². The van der Waals surface area contributed by atoms with Crippen LogP contribution in [0.15, 0.2) is 23.1 Å². The molecule has 0 amide bonds. The third-order valence-corrected chi connectivity index (χ3v) is 4.61. The number of likely N-dealkylation sites (N-methyl/N-ethyl adjacent to an activating group) is 1. The molecule has 1 N–H and O–H groups in total. The number of aryl methyl sites for hydroxylation is 1. The van der Waals surface area contributed by atoms with E-state index in [0.717, 1.165) is 9.87 Å². The van der Waals surface area contributed by atoms with Crippen LogP contribution in [0, 0.1) is 0 Å². The predicted molar refractivity (Wildman–Crippen MR) is 69.3 cm³/mol. The molecule has 0 unspecified atom stereocenters. The number of aliphatic hydroxyl groups excluding tert-OH is 1. The van der Waals surface area contributed by atoms with Crippen LogP contribution in [0.25, 0.3) is 0 Å². The van der Waals surface area contributed by atoms with E-state index >= 15 is 0 Å². The van der Waals surface area contributed by atoms with Crippen molar-refractivity contribution >= 4 is 10.0 Å². The summed E-state index contributed by atoms with van der Waals surface area (Å²) in [5.41, 5.74) is 0.843. The molecule has 0 heterocycles. The lowest BCUT2D eigenvalue weighted by Gasteiger charge is -2.17. The van der Waals surface area contributed by atoms with Crippen molar-refractivity contribution in [3.05, 3.63) is 23.8 Å². The third-order valence-electron chi connectivity index (χ3n) is 2.76. The quantitative estimate of drug-likeness (QED) is 0.835. The summed E-state index contributed by atoms with van der Waals surface area (Å²) in [6.45, 7) is 1.81. The first-order chi connectivity index (χ1) is 8.47. The van der Waals surface area contributed by atoms with Gasteiger partial charge in [0.05, 0.1) is 18.6 Å². The van der Waals surface area contributed by atoms with Gasteiger partial charge in [-0.15, -0.1) is 0 Å². The molecule has 0 fully saturated rings. The number of hydrogen-bond acceptors (Lipinski definition) is 4. The number of methoxy groups -OCH3 is 1. The molecule has 0 aliphatic heterocycles. The van der Waals surface area contributed by atoms with Crippen molar-refractivity contribution in [3.8, 4) is 5.75 Å². The fraction of sp³-hybridized carbons (Fsp3) is 0.500. The van der Waals surface area contributed by atoms with Crippen LogP contribution in [0.4, 0.5) is 0 Å². The van der Waals surface area contributed by atoms with Gasteiger partial charge in [-0.05, 0) is 30.2 Å². The van der Waals surface area contributed by atoms with Gasteiger partial charge in [0.15, 0.2) is 0 Å². The van der Waals surface area contributed by atoms with Gasteiger partial charge in [-0.25, -0.2) is 8.42 Å². The molecule has 0 bridgehead atoms. The zero-order chi connectivity index (χ0) is 13.8. The fourth-order valence-corrected chi connectivity index (χ4v) is 2.85. The molecule has 1 rings (SSSR count). The van der Waals surface area contributed by atoms with Crippen LogP contribution in [-0.2, 0) is 16.4 Å². The number of sulfonamides is 1. The number of benzene rings is 1.